The lowest BCUT2D eigenvalue weighted by molar-refractivity contribution is -0.168. The highest BCUT2D eigenvalue weighted by Gasteiger charge is 2.59. The molecule has 1 saturated heterocycles. The van der Waals surface area contributed by atoms with Crippen LogP contribution >= 0.6 is 24.0 Å². The van der Waals surface area contributed by atoms with E-state index in [9.17, 15) is 0 Å². The van der Waals surface area contributed by atoms with Crippen LogP contribution in [0.25, 0.3) is 0 Å². The van der Waals surface area contributed by atoms with Crippen LogP contribution in [-0.4, -0.2) is 62.3 Å². The summed E-state index contributed by atoms with van der Waals surface area (Å²) in [6, 6.07) is 0.540. The first-order valence-electron chi connectivity index (χ1n) is 11.1. The van der Waals surface area contributed by atoms with Crippen molar-refractivity contribution in [3.63, 3.8) is 0 Å². The fraction of sp³-hybridized carbons (Fsp3) is 0.952. The maximum Gasteiger partial charge on any atom is 0.191 e. The number of rotatable bonds is 8. The Kier molecular flexibility index (Phi) is 9.62. The number of ether oxygens (including phenoxy) is 1. The predicted octanol–water partition coefficient (Wildman–Crippen LogP) is 3.63. The van der Waals surface area contributed by atoms with E-state index >= 15 is 0 Å². The Morgan fingerprint density at radius 3 is 2.48 bits per heavy atom. The summed E-state index contributed by atoms with van der Waals surface area (Å²) in [5.41, 5.74) is 0.388. The Hall–Kier alpha value is -0.0800. The third-order valence-electron chi connectivity index (χ3n) is 7.05. The molecule has 0 amide bonds. The Bertz CT molecular complexity index is 461. The standard InChI is InChI=1S/C21H40N4O.HI/c1-4-22-20(23-13-8-17-9-14-25(5-2)15-10-17)24-18-16-19(26-6-3)21(18)11-7-12-21;/h17-19H,4-16H2,1-3H3,(H2,22,23,24);1H. The highest BCUT2D eigenvalue weighted by Crippen LogP contribution is 2.57. The summed E-state index contributed by atoms with van der Waals surface area (Å²) in [7, 11) is 0. The van der Waals surface area contributed by atoms with Gasteiger partial charge in [0, 0.05) is 31.2 Å². The predicted molar refractivity (Wildman–Crippen MR) is 124 cm³/mol. The maximum absolute atomic E-state index is 5.98. The minimum absolute atomic E-state index is 0. The number of nitrogens with one attached hydrogen (secondary N) is 2. The Morgan fingerprint density at radius 2 is 1.93 bits per heavy atom. The molecule has 0 aromatic carbocycles. The monoisotopic (exact) mass is 492 g/mol. The van der Waals surface area contributed by atoms with E-state index in [1.807, 2.05) is 0 Å². The van der Waals surface area contributed by atoms with Crippen LogP contribution in [0, 0.1) is 11.3 Å². The molecule has 1 aliphatic heterocycles. The normalized spacial score (nSPS) is 28.2. The van der Waals surface area contributed by atoms with Gasteiger partial charge in [0.05, 0.1) is 6.10 Å². The van der Waals surface area contributed by atoms with Gasteiger partial charge >= 0.3 is 0 Å². The van der Waals surface area contributed by atoms with Crippen LogP contribution in [0.2, 0.25) is 0 Å². The number of guanidine groups is 1. The fourth-order valence-electron chi connectivity index (χ4n) is 5.08. The van der Waals surface area contributed by atoms with Gasteiger partial charge in [-0.25, -0.2) is 0 Å². The topological polar surface area (TPSA) is 48.9 Å². The van der Waals surface area contributed by atoms with E-state index in [0.29, 0.717) is 17.6 Å². The van der Waals surface area contributed by atoms with Crippen LogP contribution in [0.15, 0.2) is 4.99 Å². The lowest BCUT2D eigenvalue weighted by atomic mass is 9.51. The summed E-state index contributed by atoms with van der Waals surface area (Å²) >= 11 is 0. The smallest absolute Gasteiger partial charge is 0.191 e. The van der Waals surface area contributed by atoms with Crippen LogP contribution in [0.5, 0.6) is 0 Å². The Labute approximate surface area is 183 Å². The molecule has 2 N–H and O–H groups in total. The minimum atomic E-state index is 0. The van der Waals surface area contributed by atoms with E-state index in [1.54, 1.807) is 0 Å². The second kappa shape index (κ2) is 11.2. The van der Waals surface area contributed by atoms with Gasteiger partial charge in [-0.15, -0.1) is 24.0 Å². The van der Waals surface area contributed by atoms with E-state index in [4.69, 9.17) is 9.73 Å². The van der Waals surface area contributed by atoms with Crippen molar-refractivity contribution in [1.82, 2.24) is 15.5 Å². The van der Waals surface area contributed by atoms with Crippen molar-refractivity contribution in [1.29, 1.82) is 0 Å². The molecule has 1 spiro atoms. The third kappa shape index (κ3) is 5.50. The summed E-state index contributed by atoms with van der Waals surface area (Å²) in [6.07, 6.45) is 9.48. The van der Waals surface area contributed by atoms with Crippen molar-refractivity contribution in [2.24, 2.45) is 16.3 Å². The summed E-state index contributed by atoms with van der Waals surface area (Å²) in [6.45, 7) is 13.0. The van der Waals surface area contributed by atoms with E-state index in [0.717, 1.165) is 38.0 Å². The first-order valence-corrected chi connectivity index (χ1v) is 11.1. The molecular formula is C21H41IN4O. The van der Waals surface area contributed by atoms with Crippen molar-refractivity contribution >= 4 is 29.9 Å². The largest absolute Gasteiger partial charge is 0.378 e. The molecule has 2 unspecified atom stereocenters. The van der Waals surface area contributed by atoms with Crippen LogP contribution < -0.4 is 10.6 Å². The maximum atomic E-state index is 5.98. The number of halogens is 1. The summed E-state index contributed by atoms with van der Waals surface area (Å²) in [5.74, 6) is 1.87. The minimum Gasteiger partial charge on any atom is -0.378 e. The number of nitrogens with zero attached hydrogens (tertiary/aromatic N) is 2. The average Bonchev–Trinajstić information content (AvgIpc) is 2.60. The van der Waals surface area contributed by atoms with Gasteiger partial charge < -0.3 is 20.3 Å². The molecule has 3 aliphatic rings. The van der Waals surface area contributed by atoms with Gasteiger partial charge in [0.1, 0.15) is 0 Å². The van der Waals surface area contributed by atoms with Gasteiger partial charge in [0.15, 0.2) is 5.96 Å². The second-order valence-electron chi connectivity index (χ2n) is 8.39. The molecule has 0 radical (unpaired) electrons. The van der Waals surface area contributed by atoms with Crippen molar-refractivity contribution in [3.8, 4) is 0 Å². The average molecular weight is 492 g/mol. The van der Waals surface area contributed by atoms with Crippen molar-refractivity contribution in [3.05, 3.63) is 0 Å². The van der Waals surface area contributed by atoms with Gasteiger partial charge in [-0.05, 0) is 77.9 Å². The van der Waals surface area contributed by atoms with Crippen molar-refractivity contribution < 1.29 is 4.74 Å². The molecule has 158 valence electrons. The zero-order valence-electron chi connectivity index (χ0n) is 17.6. The van der Waals surface area contributed by atoms with E-state index in [1.165, 1.54) is 58.2 Å². The second-order valence-corrected chi connectivity index (χ2v) is 8.39. The highest BCUT2D eigenvalue weighted by molar-refractivity contribution is 14.0. The highest BCUT2D eigenvalue weighted by atomic mass is 127. The molecule has 3 rings (SSSR count). The van der Waals surface area contributed by atoms with Crippen molar-refractivity contribution in [2.75, 3.05) is 39.3 Å². The molecule has 1 heterocycles. The molecule has 2 aliphatic carbocycles. The molecule has 27 heavy (non-hydrogen) atoms. The molecule has 6 heteroatoms. The van der Waals surface area contributed by atoms with Crippen LogP contribution in [-0.2, 0) is 4.74 Å². The first kappa shape index (κ1) is 23.2. The number of piperidine rings is 1. The lowest BCUT2D eigenvalue weighted by Gasteiger charge is -2.61. The third-order valence-corrected chi connectivity index (χ3v) is 7.05. The Balaban J connectivity index is 0.00000261. The summed E-state index contributed by atoms with van der Waals surface area (Å²) in [5, 5.41) is 7.20. The summed E-state index contributed by atoms with van der Waals surface area (Å²) < 4.78 is 5.98. The number of hydrogen-bond donors (Lipinski definition) is 2. The molecule has 3 fully saturated rings. The van der Waals surface area contributed by atoms with Crippen LogP contribution in [0.4, 0.5) is 0 Å². The van der Waals surface area contributed by atoms with Gasteiger partial charge in [0.2, 0.25) is 0 Å². The summed E-state index contributed by atoms with van der Waals surface area (Å²) in [4.78, 5) is 7.47. The van der Waals surface area contributed by atoms with Gasteiger partial charge in [-0.2, -0.15) is 0 Å². The van der Waals surface area contributed by atoms with Gasteiger partial charge in [-0.1, -0.05) is 13.3 Å². The lowest BCUT2D eigenvalue weighted by Crippen LogP contribution is -2.68. The first-order chi connectivity index (χ1) is 12.7. The van der Waals surface area contributed by atoms with Crippen LogP contribution in [0.1, 0.15) is 65.7 Å². The molecular weight excluding hydrogens is 451 g/mol. The quantitative estimate of drug-likeness (QED) is 0.309. The molecule has 0 aromatic rings. The number of aliphatic imine (C=N–C) groups is 1. The van der Waals surface area contributed by atoms with Crippen LogP contribution in [0.3, 0.4) is 0 Å². The fourth-order valence-corrected chi connectivity index (χ4v) is 5.08. The molecule has 2 atom stereocenters. The number of hydrogen-bond acceptors (Lipinski definition) is 3. The number of likely N-dealkylation sites (tertiary alicyclic amines) is 1. The SMILES string of the molecule is CCNC(=NCCC1CCN(CC)CC1)NC1CC(OCC)C12CCC2.I. The van der Waals surface area contributed by atoms with Gasteiger partial charge in [0.25, 0.3) is 0 Å². The van der Waals surface area contributed by atoms with E-state index in [-0.39, 0.29) is 24.0 Å². The molecule has 0 bridgehead atoms. The molecule has 5 nitrogen and oxygen atoms in total. The van der Waals surface area contributed by atoms with Crippen molar-refractivity contribution in [2.45, 2.75) is 77.9 Å². The molecule has 0 aromatic heterocycles. The zero-order chi connectivity index (χ0) is 18.4. The molecule has 2 saturated carbocycles. The zero-order valence-corrected chi connectivity index (χ0v) is 20.0. The Morgan fingerprint density at radius 1 is 1.19 bits per heavy atom. The van der Waals surface area contributed by atoms with E-state index in [2.05, 4.69) is 36.3 Å². The van der Waals surface area contributed by atoms with E-state index < -0.39 is 0 Å². The van der Waals surface area contributed by atoms with Gasteiger partial charge in [-0.3, -0.25) is 4.99 Å².